The quantitative estimate of drug-likeness (QED) is 0.786. The first kappa shape index (κ1) is 12.5. The minimum atomic E-state index is 0.418. The van der Waals surface area contributed by atoms with Gasteiger partial charge in [-0.1, -0.05) is 65.8 Å². The Morgan fingerprint density at radius 3 is 2.23 bits per heavy atom. The van der Waals surface area contributed by atoms with E-state index in [-0.39, 0.29) is 0 Å². The maximum absolute atomic E-state index is 4.55. The van der Waals surface area contributed by atoms with Crippen molar-refractivity contribution in [2.24, 2.45) is 4.99 Å². The SMILES string of the molecule is C1=C(c2ccccc2)Nn2nnnc2N=C1c1ccccc1. The van der Waals surface area contributed by atoms with Crippen LogP contribution in [-0.4, -0.2) is 26.0 Å². The maximum Gasteiger partial charge on any atom is 0.289 e. The van der Waals surface area contributed by atoms with Crippen LogP contribution >= 0.6 is 0 Å². The van der Waals surface area contributed by atoms with Gasteiger partial charge in [-0.2, -0.15) is 0 Å². The van der Waals surface area contributed by atoms with Gasteiger partial charge in [0.15, 0.2) is 0 Å². The van der Waals surface area contributed by atoms with E-state index in [4.69, 9.17) is 0 Å². The van der Waals surface area contributed by atoms with Crippen molar-refractivity contribution < 1.29 is 0 Å². The lowest BCUT2D eigenvalue weighted by Crippen LogP contribution is -2.14. The molecule has 0 radical (unpaired) electrons. The number of allylic oxidation sites excluding steroid dienone is 1. The lowest BCUT2D eigenvalue weighted by Gasteiger charge is -2.09. The van der Waals surface area contributed by atoms with E-state index >= 15 is 0 Å². The fourth-order valence-corrected chi connectivity index (χ4v) is 2.27. The third-order valence-corrected chi connectivity index (χ3v) is 3.34. The third kappa shape index (κ3) is 2.26. The van der Waals surface area contributed by atoms with Gasteiger partial charge < -0.3 is 0 Å². The van der Waals surface area contributed by atoms with E-state index in [1.165, 1.54) is 4.79 Å². The number of nitrogens with zero attached hydrogens (tertiary/aromatic N) is 5. The molecule has 0 aliphatic carbocycles. The van der Waals surface area contributed by atoms with Gasteiger partial charge in [0, 0.05) is 5.56 Å². The molecule has 2 heterocycles. The predicted molar refractivity (Wildman–Crippen MR) is 84.2 cm³/mol. The summed E-state index contributed by atoms with van der Waals surface area (Å²) in [6.45, 7) is 0. The summed E-state index contributed by atoms with van der Waals surface area (Å²) in [4.78, 5) is 6.02. The minimum Gasteiger partial charge on any atom is -0.273 e. The van der Waals surface area contributed by atoms with Crippen LogP contribution in [0.5, 0.6) is 0 Å². The van der Waals surface area contributed by atoms with Crippen molar-refractivity contribution in [3.63, 3.8) is 0 Å². The van der Waals surface area contributed by atoms with E-state index in [0.29, 0.717) is 5.95 Å². The first-order valence-corrected chi connectivity index (χ1v) is 6.87. The average Bonchev–Trinajstić information content (AvgIpc) is 2.94. The molecule has 0 fully saturated rings. The molecule has 2 aromatic carbocycles. The Morgan fingerprint density at radius 2 is 1.50 bits per heavy atom. The van der Waals surface area contributed by atoms with Gasteiger partial charge in [-0.15, -0.1) is 4.79 Å². The number of aliphatic imine (C=N–C) groups is 1. The highest BCUT2D eigenvalue weighted by atomic mass is 15.7. The lowest BCUT2D eigenvalue weighted by molar-refractivity contribution is 0.743. The molecule has 22 heavy (non-hydrogen) atoms. The van der Waals surface area contributed by atoms with Crippen LogP contribution in [0.2, 0.25) is 0 Å². The fraction of sp³-hybridized carbons (Fsp3) is 0. The molecule has 3 aromatic rings. The van der Waals surface area contributed by atoms with Gasteiger partial charge in [-0.05, 0) is 22.1 Å². The van der Waals surface area contributed by atoms with Crippen molar-refractivity contribution in [1.29, 1.82) is 0 Å². The third-order valence-electron chi connectivity index (χ3n) is 3.34. The Bertz CT molecular complexity index is 849. The second kappa shape index (κ2) is 5.25. The zero-order valence-corrected chi connectivity index (χ0v) is 11.6. The monoisotopic (exact) mass is 288 g/mol. The summed E-state index contributed by atoms with van der Waals surface area (Å²) in [5, 5.41) is 11.5. The summed E-state index contributed by atoms with van der Waals surface area (Å²) in [5.41, 5.74) is 6.92. The second-order valence-corrected chi connectivity index (χ2v) is 4.79. The molecule has 0 bridgehead atoms. The largest absolute Gasteiger partial charge is 0.289 e. The van der Waals surface area contributed by atoms with Gasteiger partial charge in [-0.3, -0.25) is 5.43 Å². The second-order valence-electron chi connectivity index (χ2n) is 4.79. The van der Waals surface area contributed by atoms with Crippen LogP contribution in [0.1, 0.15) is 11.1 Å². The molecule has 1 N–H and O–H groups in total. The van der Waals surface area contributed by atoms with Crippen LogP contribution in [0.25, 0.3) is 5.70 Å². The van der Waals surface area contributed by atoms with E-state index < -0.39 is 0 Å². The Morgan fingerprint density at radius 1 is 0.818 bits per heavy atom. The number of aromatic nitrogens is 4. The molecular weight excluding hydrogens is 276 g/mol. The van der Waals surface area contributed by atoms with E-state index in [2.05, 4.69) is 25.9 Å². The number of fused-ring (bicyclic) bond motifs is 1. The molecule has 0 amide bonds. The summed E-state index contributed by atoms with van der Waals surface area (Å²) < 4.78 is 0. The Labute approximate surface area is 126 Å². The van der Waals surface area contributed by atoms with Crippen LogP contribution in [0.4, 0.5) is 5.95 Å². The molecule has 0 atom stereocenters. The standard InChI is InChI=1S/C16H12N6/c1-3-7-12(8-4-1)14-11-15(13-9-5-2-6-10-13)19-22-16(17-14)18-20-21-22/h1-11,19H. The number of rotatable bonds is 2. The summed E-state index contributed by atoms with van der Waals surface area (Å²) in [7, 11) is 0. The van der Waals surface area contributed by atoms with Crippen molar-refractivity contribution in [2.45, 2.75) is 0 Å². The summed E-state index contributed by atoms with van der Waals surface area (Å²) in [6.07, 6.45) is 1.99. The van der Waals surface area contributed by atoms with Gasteiger partial charge in [-0.25, -0.2) is 4.99 Å². The van der Waals surface area contributed by atoms with Gasteiger partial charge in [0.2, 0.25) is 0 Å². The Hall–Kier alpha value is -3.28. The van der Waals surface area contributed by atoms with Crippen molar-refractivity contribution in [3.05, 3.63) is 77.9 Å². The van der Waals surface area contributed by atoms with E-state index in [0.717, 1.165) is 22.5 Å². The van der Waals surface area contributed by atoms with Gasteiger partial charge in [0.1, 0.15) is 0 Å². The summed E-state index contributed by atoms with van der Waals surface area (Å²) in [5.74, 6) is 0.418. The van der Waals surface area contributed by atoms with Crippen LogP contribution < -0.4 is 5.43 Å². The number of hydrogen-bond acceptors (Lipinski definition) is 5. The van der Waals surface area contributed by atoms with Crippen LogP contribution in [0.3, 0.4) is 0 Å². The molecule has 0 saturated heterocycles. The molecule has 4 rings (SSSR count). The van der Waals surface area contributed by atoms with Crippen LogP contribution in [0.15, 0.2) is 71.7 Å². The first-order valence-electron chi connectivity index (χ1n) is 6.87. The number of nitrogens with one attached hydrogen (secondary N) is 1. The van der Waals surface area contributed by atoms with Gasteiger partial charge in [0.05, 0.1) is 11.4 Å². The summed E-state index contributed by atoms with van der Waals surface area (Å²) >= 11 is 0. The summed E-state index contributed by atoms with van der Waals surface area (Å²) in [6, 6.07) is 20.0. The Balaban J connectivity index is 1.87. The van der Waals surface area contributed by atoms with E-state index in [1.54, 1.807) is 0 Å². The highest BCUT2D eigenvalue weighted by Gasteiger charge is 2.15. The number of hydrogen-bond donors (Lipinski definition) is 1. The lowest BCUT2D eigenvalue weighted by atomic mass is 10.1. The zero-order chi connectivity index (χ0) is 14.8. The predicted octanol–water partition coefficient (Wildman–Crippen LogP) is 2.39. The number of benzene rings is 2. The van der Waals surface area contributed by atoms with Crippen molar-refractivity contribution >= 4 is 17.4 Å². The van der Waals surface area contributed by atoms with Crippen LogP contribution in [0, 0.1) is 0 Å². The van der Waals surface area contributed by atoms with Crippen molar-refractivity contribution in [2.75, 3.05) is 5.43 Å². The van der Waals surface area contributed by atoms with Crippen molar-refractivity contribution in [1.82, 2.24) is 20.3 Å². The molecule has 6 heteroatoms. The molecule has 1 aromatic heterocycles. The van der Waals surface area contributed by atoms with Gasteiger partial charge >= 0.3 is 0 Å². The molecule has 0 saturated carbocycles. The van der Waals surface area contributed by atoms with Crippen molar-refractivity contribution in [3.8, 4) is 0 Å². The fourth-order valence-electron chi connectivity index (χ4n) is 2.27. The normalized spacial score (nSPS) is 13.5. The highest BCUT2D eigenvalue weighted by molar-refractivity contribution is 6.13. The zero-order valence-electron chi connectivity index (χ0n) is 11.6. The minimum absolute atomic E-state index is 0.418. The van der Waals surface area contributed by atoms with E-state index in [9.17, 15) is 0 Å². The molecule has 1 aliphatic heterocycles. The topological polar surface area (TPSA) is 68.0 Å². The maximum atomic E-state index is 4.55. The van der Waals surface area contributed by atoms with Gasteiger partial charge in [0.25, 0.3) is 5.95 Å². The highest BCUT2D eigenvalue weighted by Crippen LogP contribution is 2.20. The molecule has 6 nitrogen and oxygen atoms in total. The first-order chi connectivity index (χ1) is 10.9. The number of tetrazole rings is 1. The Kier molecular flexibility index (Phi) is 2.97. The molecular formula is C16H12N6. The average molecular weight is 288 g/mol. The smallest absolute Gasteiger partial charge is 0.273 e. The van der Waals surface area contributed by atoms with E-state index in [1.807, 2.05) is 66.7 Å². The molecule has 0 spiro atoms. The van der Waals surface area contributed by atoms with Crippen LogP contribution in [-0.2, 0) is 0 Å². The molecule has 0 unspecified atom stereocenters. The molecule has 1 aliphatic rings. The molecule has 106 valence electrons.